The molecule has 0 atom stereocenters. The van der Waals surface area contributed by atoms with Crippen molar-refractivity contribution in [1.29, 1.82) is 0 Å². The van der Waals surface area contributed by atoms with Gasteiger partial charge in [-0.2, -0.15) is 0 Å². The summed E-state index contributed by atoms with van der Waals surface area (Å²) in [4.78, 5) is 15.7. The largest absolute Gasteiger partial charge is 0.461 e. The summed E-state index contributed by atoms with van der Waals surface area (Å²) in [5.74, 6) is 1.03. The number of rotatable bonds is 4. The summed E-state index contributed by atoms with van der Waals surface area (Å²) in [6.07, 6.45) is 7.95. The molecule has 0 aliphatic carbocycles. The second-order valence-electron chi connectivity index (χ2n) is 4.16. The molecule has 21 heavy (non-hydrogen) atoms. The van der Waals surface area contributed by atoms with Gasteiger partial charge in [-0.1, -0.05) is 5.16 Å². The van der Waals surface area contributed by atoms with E-state index in [9.17, 15) is 4.79 Å². The molecule has 0 aliphatic heterocycles. The van der Waals surface area contributed by atoms with Crippen LogP contribution in [0.15, 0.2) is 64.0 Å². The molecule has 3 rings (SSSR count). The van der Waals surface area contributed by atoms with Crippen molar-refractivity contribution in [2.24, 2.45) is 0 Å². The normalized spacial score (nSPS) is 10.9. The summed E-state index contributed by atoms with van der Waals surface area (Å²) in [7, 11) is 0. The number of carbonyl (C=O) groups excluding carboxylic acids is 1. The zero-order chi connectivity index (χ0) is 14.5. The van der Waals surface area contributed by atoms with E-state index in [-0.39, 0.29) is 5.91 Å². The van der Waals surface area contributed by atoms with Crippen molar-refractivity contribution in [2.45, 2.75) is 0 Å². The maximum atomic E-state index is 11.8. The van der Waals surface area contributed by atoms with E-state index in [1.807, 2.05) is 0 Å². The van der Waals surface area contributed by atoms with E-state index in [0.717, 1.165) is 5.56 Å². The first-order valence-electron chi connectivity index (χ1n) is 6.21. The van der Waals surface area contributed by atoms with Gasteiger partial charge in [0.05, 0.1) is 6.26 Å². The number of aromatic nitrogens is 2. The van der Waals surface area contributed by atoms with E-state index in [4.69, 9.17) is 8.94 Å². The highest BCUT2D eigenvalue weighted by Gasteiger charge is 2.09. The summed E-state index contributed by atoms with van der Waals surface area (Å²) in [5.41, 5.74) is 0.886. The molecule has 0 aliphatic rings. The van der Waals surface area contributed by atoms with Crippen molar-refractivity contribution in [1.82, 2.24) is 10.1 Å². The molecular weight excluding hydrogens is 270 g/mol. The summed E-state index contributed by atoms with van der Waals surface area (Å²) in [5, 5.41) is 6.36. The molecule has 3 heterocycles. The molecule has 104 valence electrons. The molecular formula is C15H11N3O3. The zero-order valence-corrected chi connectivity index (χ0v) is 10.9. The average molecular weight is 281 g/mol. The molecule has 0 fully saturated rings. The van der Waals surface area contributed by atoms with Gasteiger partial charge in [0, 0.05) is 24.5 Å². The lowest BCUT2D eigenvalue weighted by Gasteiger charge is -1.94. The fraction of sp³-hybridized carbons (Fsp3) is 0. The molecule has 3 aromatic rings. The van der Waals surface area contributed by atoms with Crippen molar-refractivity contribution in [3.05, 3.63) is 60.6 Å². The Labute approximate surface area is 120 Å². The van der Waals surface area contributed by atoms with E-state index in [2.05, 4.69) is 15.5 Å². The number of hydrogen-bond acceptors (Lipinski definition) is 5. The third-order valence-corrected chi connectivity index (χ3v) is 2.66. The van der Waals surface area contributed by atoms with Gasteiger partial charge in [-0.25, -0.2) is 0 Å². The molecule has 6 nitrogen and oxygen atoms in total. The standard InChI is InChI=1S/C15H11N3O3/c19-15(4-3-11-5-7-16-8-6-11)17-14-10-13(21-18-14)12-2-1-9-20-12/h1-10H,(H,17,18,19). The van der Waals surface area contributed by atoms with Crippen LogP contribution in [0.3, 0.4) is 0 Å². The highest BCUT2D eigenvalue weighted by molar-refractivity contribution is 6.01. The van der Waals surface area contributed by atoms with Gasteiger partial charge in [-0.15, -0.1) is 0 Å². The topological polar surface area (TPSA) is 81.2 Å². The fourth-order valence-corrected chi connectivity index (χ4v) is 1.68. The number of nitrogens with zero attached hydrogens (tertiary/aromatic N) is 2. The Morgan fingerprint density at radius 1 is 1.19 bits per heavy atom. The Morgan fingerprint density at radius 3 is 2.81 bits per heavy atom. The summed E-state index contributed by atoms with van der Waals surface area (Å²) < 4.78 is 10.3. The van der Waals surface area contributed by atoms with Crippen LogP contribution in [0.5, 0.6) is 0 Å². The van der Waals surface area contributed by atoms with Crippen LogP contribution >= 0.6 is 0 Å². The highest BCUT2D eigenvalue weighted by Crippen LogP contribution is 2.22. The first-order valence-corrected chi connectivity index (χ1v) is 6.21. The minimum atomic E-state index is -0.300. The minimum Gasteiger partial charge on any atom is -0.461 e. The Kier molecular flexibility index (Phi) is 3.60. The van der Waals surface area contributed by atoms with Crippen LogP contribution in [0, 0.1) is 0 Å². The van der Waals surface area contributed by atoms with Gasteiger partial charge in [-0.05, 0) is 35.9 Å². The van der Waals surface area contributed by atoms with Gasteiger partial charge in [0.2, 0.25) is 11.7 Å². The molecule has 1 N–H and O–H groups in total. The predicted octanol–water partition coefficient (Wildman–Crippen LogP) is 2.98. The molecule has 0 saturated carbocycles. The Morgan fingerprint density at radius 2 is 2.05 bits per heavy atom. The molecule has 6 heteroatoms. The van der Waals surface area contributed by atoms with Crippen LogP contribution in [0.4, 0.5) is 5.82 Å². The predicted molar refractivity (Wildman–Crippen MR) is 76.1 cm³/mol. The van der Waals surface area contributed by atoms with E-state index >= 15 is 0 Å². The van der Waals surface area contributed by atoms with Gasteiger partial charge < -0.3 is 14.3 Å². The number of amides is 1. The van der Waals surface area contributed by atoms with Crippen LogP contribution < -0.4 is 5.32 Å². The first kappa shape index (κ1) is 12.9. The second-order valence-corrected chi connectivity index (χ2v) is 4.16. The van der Waals surface area contributed by atoms with Crippen LogP contribution in [0.1, 0.15) is 5.56 Å². The van der Waals surface area contributed by atoms with Gasteiger partial charge in [0.1, 0.15) is 0 Å². The Bertz CT molecular complexity index is 746. The molecule has 0 radical (unpaired) electrons. The highest BCUT2D eigenvalue weighted by atomic mass is 16.5. The van der Waals surface area contributed by atoms with Crippen molar-refractivity contribution < 1.29 is 13.7 Å². The van der Waals surface area contributed by atoms with E-state index in [1.54, 1.807) is 48.8 Å². The van der Waals surface area contributed by atoms with Crippen molar-refractivity contribution in [2.75, 3.05) is 5.32 Å². The van der Waals surface area contributed by atoms with E-state index in [0.29, 0.717) is 17.3 Å². The maximum absolute atomic E-state index is 11.8. The van der Waals surface area contributed by atoms with Crippen molar-refractivity contribution >= 4 is 17.8 Å². The van der Waals surface area contributed by atoms with E-state index < -0.39 is 0 Å². The molecule has 3 aromatic heterocycles. The molecule has 0 saturated heterocycles. The number of furan rings is 1. The van der Waals surface area contributed by atoms with Gasteiger partial charge in [-0.3, -0.25) is 9.78 Å². The molecule has 0 bridgehead atoms. The number of hydrogen-bond donors (Lipinski definition) is 1. The maximum Gasteiger partial charge on any atom is 0.249 e. The number of anilines is 1. The lowest BCUT2D eigenvalue weighted by molar-refractivity contribution is -0.111. The number of pyridine rings is 1. The number of carbonyl (C=O) groups is 1. The lowest BCUT2D eigenvalue weighted by Crippen LogP contribution is -2.07. The summed E-state index contributed by atoms with van der Waals surface area (Å²) >= 11 is 0. The quantitative estimate of drug-likeness (QED) is 0.743. The average Bonchev–Trinajstić information content (AvgIpc) is 3.17. The zero-order valence-electron chi connectivity index (χ0n) is 10.9. The van der Waals surface area contributed by atoms with Crippen LogP contribution in [0.2, 0.25) is 0 Å². The fourth-order valence-electron chi connectivity index (χ4n) is 1.68. The van der Waals surface area contributed by atoms with Crippen molar-refractivity contribution in [3.63, 3.8) is 0 Å². The Hall–Kier alpha value is -3.15. The summed E-state index contributed by atoms with van der Waals surface area (Å²) in [6.45, 7) is 0. The van der Waals surface area contributed by atoms with Gasteiger partial charge in [0.15, 0.2) is 11.6 Å². The minimum absolute atomic E-state index is 0.300. The Balaban J connectivity index is 1.64. The lowest BCUT2D eigenvalue weighted by atomic mass is 10.2. The van der Waals surface area contributed by atoms with Crippen molar-refractivity contribution in [3.8, 4) is 11.5 Å². The van der Waals surface area contributed by atoms with Crippen LogP contribution in [-0.4, -0.2) is 16.0 Å². The molecule has 0 unspecified atom stereocenters. The monoisotopic (exact) mass is 281 g/mol. The summed E-state index contributed by atoms with van der Waals surface area (Å²) in [6, 6.07) is 8.68. The number of nitrogens with one attached hydrogen (secondary N) is 1. The smallest absolute Gasteiger partial charge is 0.249 e. The second kappa shape index (κ2) is 5.87. The van der Waals surface area contributed by atoms with Crippen LogP contribution in [0.25, 0.3) is 17.6 Å². The third-order valence-electron chi connectivity index (χ3n) is 2.66. The SMILES string of the molecule is O=C(C=Cc1ccncc1)Nc1cc(-c2ccco2)on1. The molecule has 0 spiro atoms. The van der Waals surface area contributed by atoms with Gasteiger partial charge >= 0.3 is 0 Å². The molecule has 1 amide bonds. The van der Waals surface area contributed by atoms with E-state index in [1.165, 1.54) is 12.3 Å². The van der Waals surface area contributed by atoms with Crippen LogP contribution in [-0.2, 0) is 4.79 Å². The third kappa shape index (κ3) is 3.24. The molecule has 0 aromatic carbocycles. The first-order chi connectivity index (χ1) is 10.3. The van der Waals surface area contributed by atoms with Gasteiger partial charge in [0.25, 0.3) is 0 Å².